The molecule has 0 spiro atoms. The lowest BCUT2D eigenvalue weighted by Crippen LogP contribution is -2.30. The monoisotopic (exact) mass is 819 g/mol. The largest absolute Gasteiger partial charge is 0.462 e. The molecule has 0 radical (unpaired) electrons. The van der Waals surface area contributed by atoms with Crippen LogP contribution in [0.4, 0.5) is 0 Å². The second-order valence-corrected chi connectivity index (χ2v) is 17.4. The van der Waals surface area contributed by atoms with Crippen molar-refractivity contribution < 1.29 is 28.6 Å². The van der Waals surface area contributed by atoms with Crippen molar-refractivity contribution >= 4 is 17.9 Å². The van der Waals surface area contributed by atoms with Gasteiger partial charge in [-0.2, -0.15) is 0 Å². The summed E-state index contributed by atoms with van der Waals surface area (Å²) in [5, 5.41) is 0. The van der Waals surface area contributed by atoms with Gasteiger partial charge in [0.25, 0.3) is 0 Å². The van der Waals surface area contributed by atoms with Gasteiger partial charge in [-0.25, -0.2) is 0 Å². The molecule has 0 bridgehead atoms. The Balaban J connectivity index is 4.32. The van der Waals surface area contributed by atoms with Crippen LogP contribution in [0.1, 0.15) is 284 Å². The first-order valence-electron chi connectivity index (χ1n) is 25.7. The molecule has 0 heterocycles. The van der Waals surface area contributed by atoms with E-state index in [1.165, 1.54) is 180 Å². The maximum absolute atomic E-state index is 12.8. The highest BCUT2D eigenvalue weighted by Crippen LogP contribution is 2.16. The highest BCUT2D eigenvalue weighted by molar-refractivity contribution is 5.71. The van der Waals surface area contributed by atoms with E-state index < -0.39 is 6.10 Å². The number of hydrogen-bond acceptors (Lipinski definition) is 6. The Hall–Kier alpha value is -1.85. The molecule has 0 amide bonds. The molecule has 0 unspecified atom stereocenters. The number of esters is 3. The first-order valence-corrected chi connectivity index (χ1v) is 25.7. The van der Waals surface area contributed by atoms with Crippen molar-refractivity contribution in [3.8, 4) is 0 Å². The smallest absolute Gasteiger partial charge is 0.306 e. The molecule has 0 aromatic carbocycles. The van der Waals surface area contributed by atoms with E-state index in [0.717, 1.165) is 64.2 Å². The zero-order valence-electron chi connectivity index (χ0n) is 39.1. The summed E-state index contributed by atoms with van der Waals surface area (Å²) >= 11 is 0. The van der Waals surface area contributed by atoms with Crippen molar-refractivity contribution in [3.63, 3.8) is 0 Å². The van der Waals surface area contributed by atoms with E-state index in [0.29, 0.717) is 19.3 Å². The molecule has 0 fully saturated rings. The lowest BCUT2D eigenvalue weighted by Gasteiger charge is -2.18. The van der Waals surface area contributed by atoms with Gasteiger partial charge < -0.3 is 14.2 Å². The van der Waals surface area contributed by atoms with Gasteiger partial charge in [-0.3, -0.25) is 14.4 Å². The summed E-state index contributed by atoms with van der Waals surface area (Å²) in [6.45, 7) is 6.64. The van der Waals surface area contributed by atoms with Crippen LogP contribution >= 0.6 is 0 Å². The highest BCUT2D eigenvalue weighted by Gasteiger charge is 2.19. The van der Waals surface area contributed by atoms with Crippen LogP contribution in [0, 0.1) is 0 Å². The Kier molecular flexibility index (Phi) is 46.3. The third-order valence-electron chi connectivity index (χ3n) is 11.5. The van der Waals surface area contributed by atoms with Gasteiger partial charge in [-0.15, -0.1) is 0 Å². The first-order chi connectivity index (χ1) is 28.5. The average Bonchev–Trinajstić information content (AvgIpc) is 3.22. The van der Waals surface area contributed by atoms with Crippen LogP contribution in [0.5, 0.6) is 0 Å². The molecule has 6 nitrogen and oxygen atoms in total. The molecule has 6 heteroatoms. The van der Waals surface area contributed by atoms with E-state index in [1.54, 1.807) is 0 Å². The predicted octanol–water partition coefficient (Wildman–Crippen LogP) is 16.6. The zero-order valence-corrected chi connectivity index (χ0v) is 39.1. The molecule has 0 aromatic heterocycles. The standard InChI is InChI=1S/C52H98O6/c1-4-7-10-13-16-19-22-25-26-28-31-33-36-39-42-45-51(54)57-48-49(58-52(55)46-43-40-37-34-29-24-21-18-15-12-9-6-3)47-56-50(53)44-41-38-35-32-30-27-23-20-17-14-11-8-5-2/h20,23,49H,4-19,21-22,24-48H2,1-3H3/b23-20-/t49-/m1/s1. The van der Waals surface area contributed by atoms with E-state index in [-0.39, 0.29) is 31.1 Å². The maximum atomic E-state index is 12.8. The minimum atomic E-state index is -0.765. The van der Waals surface area contributed by atoms with E-state index in [4.69, 9.17) is 14.2 Å². The van der Waals surface area contributed by atoms with Crippen LogP contribution in [0.2, 0.25) is 0 Å². The normalized spacial score (nSPS) is 12.0. The minimum absolute atomic E-state index is 0.0672. The van der Waals surface area contributed by atoms with Crippen LogP contribution in [0.15, 0.2) is 12.2 Å². The third kappa shape index (κ3) is 45.2. The van der Waals surface area contributed by atoms with Gasteiger partial charge in [0.1, 0.15) is 13.2 Å². The summed E-state index contributed by atoms with van der Waals surface area (Å²) in [4.78, 5) is 37.9. The Morgan fingerprint density at radius 2 is 0.569 bits per heavy atom. The predicted molar refractivity (Wildman–Crippen MR) is 247 cm³/mol. The minimum Gasteiger partial charge on any atom is -0.462 e. The zero-order chi connectivity index (χ0) is 42.3. The van der Waals surface area contributed by atoms with Gasteiger partial charge in [-0.1, -0.05) is 232 Å². The molecule has 0 saturated heterocycles. The molecule has 0 aliphatic carbocycles. The number of rotatable bonds is 47. The maximum Gasteiger partial charge on any atom is 0.306 e. The SMILES string of the molecule is CCCCCC/C=C\CCCCCCCC(=O)OC[C@H](COC(=O)CCCCCCCCCCCCCCCCC)OC(=O)CCCCCCCCCCCCCC. The van der Waals surface area contributed by atoms with Crippen molar-refractivity contribution in [1.82, 2.24) is 0 Å². The third-order valence-corrected chi connectivity index (χ3v) is 11.5. The van der Waals surface area contributed by atoms with Crippen molar-refractivity contribution in [2.45, 2.75) is 290 Å². The fourth-order valence-corrected chi connectivity index (χ4v) is 7.61. The van der Waals surface area contributed by atoms with Crippen LogP contribution in [-0.2, 0) is 28.6 Å². The molecule has 58 heavy (non-hydrogen) atoms. The summed E-state index contributed by atoms with van der Waals surface area (Å²) < 4.78 is 16.8. The number of allylic oxidation sites excluding steroid dienone is 2. The Morgan fingerprint density at radius 3 is 0.879 bits per heavy atom. The molecule has 0 N–H and O–H groups in total. The summed E-state index contributed by atoms with van der Waals surface area (Å²) in [6.07, 6.45) is 51.9. The molecule has 0 rings (SSSR count). The number of ether oxygens (including phenoxy) is 3. The van der Waals surface area contributed by atoms with E-state index in [2.05, 4.69) is 32.9 Å². The Morgan fingerprint density at radius 1 is 0.328 bits per heavy atom. The van der Waals surface area contributed by atoms with Crippen molar-refractivity contribution in [1.29, 1.82) is 0 Å². The fourth-order valence-electron chi connectivity index (χ4n) is 7.61. The van der Waals surface area contributed by atoms with Gasteiger partial charge in [0, 0.05) is 19.3 Å². The molecule has 342 valence electrons. The summed E-state index contributed by atoms with van der Waals surface area (Å²) in [7, 11) is 0. The Bertz CT molecular complexity index is 900. The van der Waals surface area contributed by atoms with E-state index in [9.17, 15) is 14.4 Å². The quantitative estimate of drug-likeness (QED) is 0.0263. The molecule has 0 saturated carbocycles. The lowest BCUT2D eigenvalue weighted by atomic mass is 10.0. The molecule has 0 aromatic rings. The van der Waals surface area contributed by atoms with Crippen molar-refractivity contribution in [3.05, 3.63) is 12.2 Å². The number of carbonyl (C=O) groups excluding carboxylic acids is 3. The average molecular weight is 819 g/mol. The summed E-state index contributed by atoms with van der Waals surface area (Å²) in [6, 6.07) is 0. The molecular weight excluding hydrogens is 721 g/mol. The van der Waals surface area contributed by atoms with E-state index in [1.807, 2.05) is 0 Å². The second kappa shape index (κ2) is 47.8. The first kappa shape index (κ1) is 56.1. The van der Waals surface area contributed by atoms with Gasteiger partial charge >= 0.3 is 17.9 Å². The van der Waals surface area contributed by atoms with Crippen LogP contribution in [0.25, 0.3) is 0 Å². The van der Waals surface area contributed by atoms with Crippen molar-refractivity contribution in [2.75, 3.05) is 13.2 Å². The lowest BCUT2D eigenvalue weighted by molar-refractivity contribution is -0.167. The molecule has 1 atom stereocenters. The Labute approximate surface area is 360 Å². The van der Waals surface area contributed by atoms with Gasteiger partial charge in [0.15, 0.2) is 6.10 Å². The number of unbranched alkanes of at least 4 members (excludes halogenated alkanes) is 34. The number of hydrogen-bond donors (Lipinski definition) is 0. The summed E-state index contributed by atoms with van der Waals surface area (Å²) in [5.41, 5.74) is 0. The van der Waals surface area contributed by atoms with Crippen LogP contribution in [0.3, 0.4) is 0 Å². The van der Waals surface area contributed by atoms with Gasteiger partial charge in [0.2, 0.25) is 0 Å². The molecule has 0 aliphatic heterocycles. The van der Waals surface area contributed by atoms with Crippen molar-refractivity contribution in [2.24, 2.45) is 0 Å². The molecular formula is C52H98O6. The van der Waals surface area contributed by atoms with Gasteiger partial charge in [-0.05, 0) is 44.9 Å². The second-order valence-electron chi connectivity index (χ2n) is 17.4. The number of carbonyl (C=O) groups is 3. The van der Waals surface area contributed by atoms with Crippen LogP contribution in [-0.4, -0.2) is 37.2 Å². The topological polar surface area (TPSA) is 78.9 Å². The van der Waals surface area contributed by atoms with Crippen LogP contribution < -0.4 is 0 Å². The molecule has 0 aliphatic rings. The van der Waals surface area contributed by atoms with E-state index >= 15 is 0 Å². The van der Waals surface area contributed by atoms with Gasteiger partial charge in [0.05, 0.1) is 0 Å². The fraction of sp³-hybridized carbons (Fsp3) is 0.904. The summed E-state index contributed by atoms with van der Waals surface area (Å²) in [5.74, 6) is -0.861. The highest BCUT2D eigenvalue weighted by atomic mass is 16.6.